The first kappa shape index (κ1) is 33.0. The van der Waals surface area contributed by atoms with E-state index >= 15 is 0 Å². The fraction of sp³-hybridized carbons (Fsp3) is 1.00. The molecule has 0 aliphatic carbocycles. The standard InChI is InChI=1S/C27H56NO6P/c1-5-6-7-8-9-10-11-12-13-14-15-16-17-18-22-31-26-20-19-23-32-27(26)25-34-35(29,30)33-24-21-28(2,3)4/h26-27H,5-25H2,1-4H3/t26-,27+/m1/s1. The van der Waals surface area contributed by atoms with Gasteiger partial charge in [-0.1, -0.05) is 90.4 Å². The Balaban J connectivity index is 2.04. The third-order valence-corrected chi connectivity index (χ3v) is 7.58. The van der Waals surface area contributed by atoms with E-state index in [0.29, 0.717) is 24.2 Å². The summed E-state index contributed by atoms with van der Waals surface area (Å²) in [6.07, 6.45) is 20.0. The summed E-state index contributed by atoms with van der Waals surface area (Å²) in [6.45, 7) is 4.22. The van der Waals surface area contributed by atoms with E-state index in [4.69, 9.17) is 18.5 Å². The molecule has 1 aliphatic rings. The molecule has 7 nitrogen and oxygen atoms in total. The molecule has 3 atom stereocenters. The lowest BCUT2D eigenvalue weighted by molar-refractivity contribution is -0.870. The van der Waals surface area contributed by atoms with Crippen LogP contribution in [-0.2, 0) is 23.1 Å². The molecule has 0 aromatic rings. The van der Waals surface area contributed by atoms with Crippen molar-refractivity contribution < 1.29 is 32.5 Å². The predicted octanol–water partition coefficient (Wildman–Crippen LogP) is 6.24. The number of rotatable bonds is 23. The van der Waals surface area contributed by atoms with Gasteiger partial charge in [-0.15, -0.1) is 0 Å². The number of phosphoric ester groups is 1. The van der Waals surface area contributed by atoms with Crippen LogP contribution in [0, 0.1) is 0 Å². The van der Waals surface area contributed by atoms with Gasteiger partial charge in [-0.2, -0.15) is 0 Å². The normalized spacial score (nSPS) is 20.7. The lowest BCUT2D eigenvalue weighted by Gasteiger charge is -2.33. The lowest BCUT2D eigenvalue weighted by Crippen LogP contribution is -2.40. The minimum absolute atomic E-state index is 0.0471. The third kappa shape index (κ3) is 19.7. The van der Waals surface area contributed by atoms with Crippen LogP contribution in [0.15, 0.2) is 0 Å². The van der Waals surface area contributed by atoms with Gasteiger partial charge in [-0.3, -0.25) is 4.57 Å². The van der Waals surface area contributed by atoms with Crippen LogP contribution in [0.5, 0.6) is 0 Å². The summed E-state index contributed by atoms with van der Waals surface area (Å²) in [4.78, 5) is 12.1. The maximum Gasteiger partial charge on any atom is 0.268 e. The van der Waals surface area contributed by atoms with Gasteiger partial charge in [0, 0.05) is 13.2 Å². The number of hydrogen-bond acceptors (Lipinski definition) is 6. The van der Waals surface area contributed by atoms with Crippen molar-refractivity contribution in [2.45, 2.75) is 122 Å². The molecule has 0 bridgehead atoms. The molecule has 1 heterocycles. The molecular formula is C27H56NO6P. The molecule has 0 N–H and O–H groups in total. The highest BCUT2D eigenvalue weighted by molar-refractivity contribution is 7.45. The number of phosphoric acid groups is 1. The Morgan fingerprint density at radius 1 is 0.829 bits per heavy atom. The van der Waals surface area contributed by atoms with E-state index in [1.54, 1.807) is 0 Å². The Kier molecular flexibility index (Phi) is 18.9. The molecule has 0 spiro atoms. The van der Waals surface area contributed by atoms with E-state index in [-0.39, 0.29) is 25.4 Å². The van der Waals surface area contributed by atoms with Crippen molar-refractivity contribution in [3.8, 4) is 0 Å². The van der Waals surface area contributed by atoms with Gasteiger partial charge in [0.15, 0.2) is 0 Å². The summed E-state index contributed by atoms with van der Waals surface area (Å²) < 4.78 is 34.6. The second-order valence-corrected chi connectivity index (χ2v) is 12.6. The molecule has 0 aromatic heterocycles. The van der Waals surface area contributed by atoms with Crippen LogP contribution in [0.2, 0.25) is 0 Å². The maximum absolute atomic E-state index is 12.1. The van der Waals surface area contributed by atoms with Crippen LogP contribution < -0.4 is 4.89 Å². The van der Waals surface area contributed by atoms with Crippen LogP contribution in [-0.4, -0.2) is 70.8 Å². The molecule has 35 heavy (non-hydrogen) atoms. The number of nitrogens with zero attached hydrogens (tertiary/aromatic N) is 1. The second-order valence-electron chi connectivity index (χ2n) is 11.1. The first-order valence-electron chi connectivity index (χ1n) is 14.4. The lowest BCUT2D eigenvalue weighted by atomic mass is 10.0. The van der Waals surface area contributed by atoms with Crippen molar-refractivity contribution in [2.24, 2.45) is 0 Å². The molecule has 0 saturated carbocycles. The summed E-state index contributed by atoms with van der Waals surface area (Å²) in [5, 5.41) is 0. The van der Waals surface area contributed by atoms with Crippen molar-refractivity contribution >= 4 is 7.82 Å². The highest BCUT2D eigenvalue weighted by Crippen LogP contribution is 2.39. The molecule has 210 valence electrons. The largest absolute Gasteiger partial charge is 0.756 e. The topological polar surface area (TPSA) is 77.1 Å². The Morgan fingerprint density at radius 3 is 1.91 bits per heavy atom. The minimum Gasteiger partial charge on any atom is -0.756 e. The van der Waals surface area contributed by atoms with Gasteiger partial charge >= 0.3 is 0 Å². The van der Waals surface area contributed by atoms with Crippen molar-refractivity contribution in [3.63, 3.8) is 0 Å². The van der Waals surface area contributed by atoms with Crippen LogP contribution in [0.25, 0.3) is 0 Å². The van der Waals surface area contributed by atoms with Crippen molar-refractivity contribution in [1.29, 1.82) is 0 Å². The summed E-state index contributed by atoms with van der Waals surface area (Å²) >= 11 is 0. The summed E-state index contributed by atoms with van der Waals surface area (Å²) in [7, 11) is 1.62. The van der Waals surface area contributed by atoms with Gasteiger partial charge in [0.1, 0.15) is 19.3 Å². The Labute approximate surface area is 216 Å². The van der Waals surface area contributed by atoms with E-state index in [1.807, 2.05) is 21.1 Å². The monoisotopic (exact) mass is 521 g/mol. The molecular weight excluding hydrogens is 465 g/mol. The number of unbranched alkanes of at least 4 members (excludes halogenated alkanes) is 13. The SMILES string of the molecule is CCCCCCCCCCCCCCCCO[C@@H]1CCCO[C@H]1COP(=O)([O-])OCC[N+](C)(C)C. The zero-order valence-corrected chi connectivity index (χ0v) is 24.2. The number of quaternary nitrogens is 1. The molecule has 0 aromatic carbocycles. The van der Waals surface area contributed by atoms with Crippen molar-refractivity contribution in [1.82, 2.24) is 0 Å². The number of ether oxygens (including phenoxy) is 2. The summed E-state index contributed by atoms with van der Waals surface area (Å²) in [5.41, 5.74) is 0. The number of hydrogen-bond donors (Lipinski definition) is 0. The molecule has 1 fully saturated rings. The fourth-order valence-corrected chi connectivity index (χ4v) is 5.03. The van der Waals surface area contributed by atoms with E-state index in [0.717, 1.165) is 19.3 Å². The average molecular weight is 522 g/mol. The molecule has 1 saturated heterocycles. The van der Waals surface area contributed by atoms with Gasteiger partial charge in [0.25, 0.3) is 7.82 Å². The summed E-state index contributed by atoms with van der Waals surface area (Å²) in [5.74, 6) is 0. The van der Waals surface area contributed by atoms with E-state index in [1.165, 1.54) is 83.5 Å². The van der Waals surface area contributed by atoms with Crippen LogP contribution >= 0.6 is 7.82 Å². The Bertz CT molecular complexity index is 542. The van der Waals surface area contributed by atoms with E-state index in [9.17, 15) is 9.46 Å². The van der Waals surface area contributed by atoms with E-state index < -0.39 is 7.82 Å². The van der Waals surface area contributed by atoms with E-state index in [2.05, 4.69) is 6.92 Å². The van der Waals surface area contributed by atoms with Crippen LogP contribution in [0.1, 0.15) is 110 Å². The van der Waals surface area contributed by atoms with Crippen molar-refractivity contribution in [2.75, 3.05) is 54.1 Å². The first-order chi connectivity index (χ1) is 16.7. The molecule has 8 heteroatoms. The minimum atomic E-state index is -4.33. The molecule has 1 rings (SSSR count). The average Bonchev–Trinajstić information content (AvgIpc) is 2.80. The quantitative estimate of drug-likeness (QED) is 0.0900. The van der Waals surface area contributed by atoms with Crippen LogP contribution in [0.4, 0.5) is 0 Å². The van der Waals surface area contributed by atoms with Gasteiger partial charge in [0.2, 0.25) is 0 Å². The van der Waals surface area contributed by atoms with Gasteiger partial charge in [-0.25, -0.2) is 0 Å². The first-order valence-corrected chi connectivity index (χ1v) is 15.8. The van der Waals surface area contributed by atoms with Crippen LogP contribution in [0.3, 0.4) is 0 Å². The smallest absolute Gasteiger partial charge is 0.268 e. The fourth-order valence-electron chi connectivity index (χ4n) is 4.32. The highest BCUT2D eigenvalue weighted by Gasteiger charge is 2.28. The maximum atomic E-state index is 12.1. The Morgan fingerprint density at radius 2 is 1.37 bits per heavy atom. The Hall–Kier alpha value is -0.0100. The zero-order chi connectivity index (χ0) is 25.8. The van der Waals surface area contributed by atoms with Gasteiger partial charge < -0.3 is 27.9 Å². The molecule has 1 aliphatic heterocycles. The molecule has 0 radical (unpaired) electrons. The number of likely N-dealkylation sites (N-methyl/N-ethyl adjacent to an activating group) is 1. The highest BCUT2D eigenvalue weighted by atomic mass is 31.2. The zero-order valence-electron chi connectivity index (χ0n) is 23.3. The summed E-state index contributed by atoms with van der Waals surface area (Å²) in [6, 6.07) is 0. The second kappa shape index (κ2) is 20.0. The molecule has 1 unspecified atom stereocenters. The predicted molar refractivity (Wildman–Crippen MR) is 141 cm³/mol. The van der Waals surface area contributed by atoms with Crippen molar-refractivity contribution in [3.05, 3.63) is 0 Å². The molecule has 0 amide bonds. The van der Waals surface area contributed by atoms with Gasteiger partial charge in [-0.05, 0) is 19.3 Å². The van der Waals surface area contributed by atoms with Gasteiger partial charge in [0.05, 0.1) is 33.9 Å². The third-order valence-electron chi connectivity index (χ3n) is 6.62.